The summed E-state index contributed by atoms with van der Waals surface area (Å²) in [5.74, 6) is 1.20. The highest BCUT2D eigenvalue weighted by Crippen LogP contribution is 2.29. The first kappa shape index (κ1) is 15.3. The molecule has 0 spiro atoms. The van der Waals surface area contributed by atoms with Crippen LogP contribution in [0.25, 0.3) is 0 Å². The molecule has 0 amide bonds. The van der Waals surface area contributed by atoms with Gasteiger partial charge in [0.2, 0.25) is 0 Å². The minimum absolute atomic E-state index is 0.0702. The smallest absolute Gasteiger partial charge is 0.322 e. The Morgan fingerprint density at radius 3 is 2.37 bits per heavy atom. The molecule has 1 rings (SSSR count). The average Bonchev–Trinajstić information content (AvgIpc) is 2.45. The minimum Gasteiger partial charge on any atom is -0.497 e. The molecule has 5 heteroatoms. The van der Waals surface area contributed by atoms with E-state index in [9.17, 15) is 4.79 Å². The molecule has 0 aromatic heterocycles. The summed E-state index contributed by atoms with van der Waals surface area (Å²) in [5.41, 5.74) is 0.928. The van der Waals surface area contributed by atoms with Gasteiger partial charge in [-0.1, -0.05) is 0 Å². The van der Waals surface area contributed by atoms with Crippen LogP contribution in [0.5, 0.6) is 11.5 Å². The highest BCUT2D eigenvalue weighted by Gasteiger charge is 2.19. The molecule has 0 radical (unpaired) electrons. The molecule has 0 aliphatic heterocycles. The highest BCUT2D eigenvalue weighted by molar-refractivity contribution is 5.75. The van der Waals surface area contributed by atoms with Gasteiger partial charge < -0.3 is 14.2 Å². The van der Waals surface area contributed by atoms with Gasteiger partial charge in [0.15, 0.2) is 0 Å². The van der Waals surface area contributed by atoms with Crippen LogP contribution in [-0.2, 0) is 9.53 Å². The van der Waals surface area contributed by atoms with E-state index in [0.29, 0.717) is 0 Å². The quantitative estimate of drug-likeness (QED) is 0.798. The van der Waals surface area contributed by atoms with Crippen LogP contribution in [0.3, 0.4) is 0 Å². The van der Waals surface area contributed by atoms with Crippen LogP contribution >= 0.6 is 0 Å². The Hall–Kier alpha value is -1.75. The SMILES string of the molecule is COC(=O)C(C)NC(C)c1cc(OC)ccc1OC. The molecular formula is C14H21NO4. The van der Waals surface area contributed by atoms with Crippen LogP contribution in [0.2, 0.25) is 0 Å². The summed E-state index contributed by atoms with van der Waals surface area (Å²) in [6.07, 6.45) is 0. The fraction of sp³-hybridized carbons (Fsp3) is 0.500. The van der Waals surface area contributed by atoms with E-state index >= 15 is 0 Å². The molecule has 0 bridgehead atoms. The highest BCUT2D eigenvalue weighted by atomic mass is 16.5. The Morgan fingerprint density at radius 1 is 1.16 bits per heavy atom. The Bertz CT molecular complexity index is 433. The van der Waals surface area contributed by atoms with Gasteiger partial charge in [-0.15, -0.1) is 0 Å². The summed E-state index contributed by atoms with van der Waals surface area (Å²) in [5, 5.41) is 3.16. The number of hydrogen-bond donors (Lipinski definition) is 1. The van der Waals surface area contributed by atoms with E-state index in [1.807, 2.05) is 25.1 Å². The lowest BCUT2D eigenvalue weighted by atomic mass is 10.1. The monoisotopic (exact) mass is 267 g/mol. The summed E-state index contributed by atoms with van der Waals surface area (Å²) >= 11 is 0. The van der Waals surface area contributed by atoms with Crippen molar-refractivity contribution in [2.24, 2.45) is 0 Å². The first-order valence-corrected chi connectivity index (χ1v) is 6.09. The Kier molecular flexibility index (Phi) is 5.63. The molecule has 2 atom stereocenters. The van der Waals surface area contributed by atoms with E-state index in [2.05, 4.69) is 5.32 Å². The molecule has 1 aromatic rings. The third-order valence-corrected chi connectivity index (χ3v) is 2.96. The van der Waals surface area contributed by atoms with E-state index in [0.717, 1.165) is 17.1 Å². The molecule has 0 saturated carbocycles. The zero-order valence-corrected chi connectivity index (χ0v) is 12.0. The molecule has 0 heterocycles. The molecule has 0 aliphatic rings. The molecule has 0 fully saturated rings. The molecule has 0 saturated heterocycles. The standard InChI is InChI=1S/C14H21NO4/c1-9(15-10(2)14(16)19-5)12-8-11(17-3)6-7-13(12)18-4/h6-10,15H,1-5H3. The number of ether oxygens (including phenoxy) is 3. The Balaban J connectivity index is 2.91. The number of carbonyl (C=O) groups excluding carboxylic acids is 1. The lowest BCUT2D eigenvalue weighted by Crippen LogP contribution is -2.36. The van der Waals surface area contributed by atoms with Gasteiger partial charge in [0.1, 0.15) is 17.5 Å². The number of esters is 1. The second-order valence-electron chi connectivity index (χ2n) is 4.24. The first-order chi connectivity index (χ1) is 9.03. The van der Waals surface area contributed by atoms with Crippen molar-refractivity contribution in [3.8, 4) is 11.5 Å². The zero-order valence-electron chi connectivity index (χ0n) is 12.0. The van der Waals surface area contributed by atoms with E-state index in [1.165, 1.54) is 7.11 Å². The minimum atomic E-state index is -0.393. The van der Waals surface area contributed by atoms with Crippen molar-refractivity contribution in [1.82, 2.24) is 5.32 Å². The van der Waals surface area contributed by atoms with Crippen LogP contribution in [0.4, 0.5) is 0 Å². The molecule has 1 N–H and O–H groups in total. The summed E-state index contributed by atoms with van der Waals surface area (Å²) in [7, 11) is 4.60. The first-order valence-electron chi connectivity index (χ1n) is 6.09. The summed E-state index contributed by atoms with van der Waals surface area (Å²) in [6, 6.07) is 5.10. The van der Waals surface area contributed by atoms with Crippen molar-refractivity contribution < 1.29 is 19.0 Å². The second kappa shape index (κ2) is 6.99. The van der Waals surface area contributed by atoms with Crippen molar-refractivity contribution in [1.29, 1.82) is 0 Å². The zero-order chi connectivity index (χ0) is 14.4. The number of carbonyl (C=O) groups is 1. The normalized spacial score (nSPS) is 13.5. The van der Waals surface area contributed by atoms with Crippen LogP contribution in [0.15, 0.2) is 18.2 Å². The predicted octanol–water partition coefficient (Wildman–Crippen LogP) is 1.92. The van der Waals surface area contributed by atoms with E-state index in [1.54, 1.807) is 21.1 Å². The maximum Gasteiger partial charge on any atom is 0.322 e. The number of nitrogens with one attached hydrogen (secondary N) is 1. The Morgan fingerprint density at radius 2 is 1.84 bits per heavy atom. The molecular weight excluding hydrogens is 246 g/mol. The van der Waals surface area contributed by atoms with E-state index < -0.39 is 6.04 Å². The van der Waals surface area contributed by atoms with Gasteiger partial charge >= 0.3 is 5.97 Å². The van der Waals surface area contributed by atoms with Gasteiger partial charge in [-0.05, 0) is 32.0 Å². The van der Waals surface area contributed by atoms with Gasteiger partial charge in [-0.3, -0.25) is 10.1 Å². The average molecular weight is 267 g/mol. The van der Waals surface area contributed by atoms with Crippen molar-refractivity contribution in [3.05, 3.63) is 23.8 Å². The van der Waals surface area contributed by atoms with Gasteiger partial charge in [-0.25, -0.2) is 0 Å². The maximum absolute atomic E-state index is 11.4. The number of hydrogen-bond acceptors (Lipinski definition) is 5. The fourth-order valence-electron chi connectivity index (χ4n) is 1.89. The fourth-order valence-corrected chi connectivity index (χ4v) is 1.89. The van der Waals surface area contributed by atoms with Gasteiger partial charge in [0, 0.05) is 11.6 Å². The van der Waals surface area contributed by atoms with Crippen LogP contribution < -0.4 is 14.8 Å². The van der Waals surface area contributed by atoms with Crippen LogP contribution in [-0.4, -0.2) is 33.3 Å². The van der Waals surface area contributed by atoms with E-state index in [-0.39, 0.29) is 12.0 Å². The molecule has 0 aliphatic carbocycles. The summed E-state index contributed by atoms with van der Waals surface area (Å²) < 4.78 is 15.2. The van der Waals surface area contributed by atoms with Crippen LogP contribution in [0, 0.1) is 0 Å². The lowest BCUT2D eigenvalue weighted by molar-refractivity contribution is -0.142. The van der Waals surface area contributed by atoms with Gasteiger partial charge in [0.25, 0.3) is 0 Å². The summed E-state index contributed by atoms with van der Waals surface area (Å²) in [6.45, 7) is 3.71. The van der Waals surface area contributed by atoms with Crippen LogP contribution in [0.1, 0.15) is 25.5 Å². The lowest BCUT2D eigenvalue weighted by Gasteiger charge is -2.21. The molecule has 1 aromatic carbocycles. The number of methoxy groups -OCH3 is 3. The molecule has 2 unspecified atom stereocenters. The molecule has 5 nitrogen and oxygen atoms in total. The number of rotatable bonds is 6. The van der Waals surface area contributed by atoms with E-state index in [4.69, 9.17) is 14.2 Å². The predicted molar refractivity (Wildman–Crippen MR) is 72.6 cm³/mol. The maximum atomic E-state index is 11.4. The third kappa shape index (κ3) is 3.86. The second-order valence-corrected chi connectivity index (χ2v) is 4.24. The number of benzene rings is 1. The molecule has 106 valence electrons. The topological polar surface area (TPSA) is 56.8 Å². The molecule has 19 heavy (non-hydrogen) atoms. The van der Waals surface area contributed by atoms with Gasteiger partial charge in [-0.2, -0.15) is 0 Å². The van der Waals surface area contributed by atoms with Gasteiger partial charge in [0.05, 0.1) is 21.3 Å². The van der Waals surface area contributed by atoms with Crippen molar-refractivity contribution >= 4 is 5.97 Å². The third-order valence-electron chi connectivity index (χ3n) is 2.96. The summed E-state index contributed by atoms with van der Waals surface area (Å²) in [4.78, 5) is 11.4. The largest absolute Gasteiger partial charge is 0.497 e. The van der Waals surface area contributed by atoms with Crippen molar-refractivity contribution in [2.45, 2.75) is 25.9 Å². The van der Waals surface area contributed by atoms with Crippen molar-refractivity contribution in [2.75, 3.05) is 21.3 Å². The van der Waals surface area contributed by atoms with Crippen molar-refractivity contribution in [3.63, 3.8) is 0 Å². The Labute approximate surface area is 113 Å².